The van der Waals surface area contributed by atoms with Gasteiger partial charge in [0.1, 0.15) is 0 Å². The molecule has 1 aliphatic carbocycles. The van der Waals surface area contributed by atoms with Gasteiger partial charge in [0.2, 0.25) is 0 Å². The molecule has 0 aliphatic heterocycles. The molecular weight excluding hydrogens is 306 g/mol. The van der Waals surface area contributed by atoms with Gasteiger partial charge in [-0.25, -0.2) is 6.07 Å². The molecule has 0 heterocycles. The average molecular weight is 323 g/mol. The molecule has 0 saturated heterocycles. The van der Waals surface area contributed by atoms with Crippen LogP contribution in [0.4, 0.5) is 0 Å². The Labute approximate surface area is 125 Å². The quantitative estimate of drug-likeness (QED) is 0.460. The summed E-state index contributed by atoms with van der Waals surface area (Å²) in [6, 6.07) is 4.73. The molecule has 0 N–H and O–H groups in total. The fraction of sp³-hybridized carbons (Fsp3) is 0.583. The van der Waals surface area contributed by atoms with Crippen molar-refractivity contribution in [1.82, 2.24) is 0 Å². The fourth-order valence-electron chi connectivity index (χ4n) is 2.56. The van der Waals surface area contributed by atoms with Gasteiger partial charge in [-0.1, -0.05) is 33.1 Å². The average Bonchev–Trinajstić information content (AvgIpc) is 2.29. The van der Waals surface area contributed by atoms with Crippen LogP contribution in [0.15, 0.2) is 12.1 Å². The van der Waals surface area contributed by atoms with Crippen LogP contribution in [0.3, 0.4) is 0 Å². The van der Waals surface area contributed by atoms with Gasteiger partial charge in [-0.2, -0.15) is 22.8 Å². The van der Waals surface area contributed by atoms with Gasteiger partial charge in [0.15, 0.2) is 0 Å². The first kappa shape index (κ1) is 18.2. The molecule has 3 heteroatoms. The second kappa shape index (κ2) is 7.20. The van der Waals surface area contributed by atoms with Gasteiger partial charge in [-0.15, -0.1) is 0 Å². The van der Waals surface area contributed by atoms with E-state index in [-0.39, 0.29) is 51.0 Å². The van der Waals surface area contributed by atoms with Crippen molar-refractivity contribution >= 4 is 0 Å². The Morgan fingerprint density at radius 3 is 2.47 bits per heavy atom. The summed E-state index contributed by atoms with van der Waals surface area (Å²) in [7, 11) is 0. The van der Waals surface area contributed by atoms with E-state index in [1.165, 1.54) is 18.4 Å². The van der Waals surface area contributed by atoms with Gasteiger partial charge < -0.3 is 24.8 Å². The van der Waals surface area contributed by atoms with E-state index in [1.54, 1.807) is 11.1 Å². The second-order valence-corrected chi connectivity index (χ2v) is 4.46. The summed E-state index contributed by atoms with van der Waals surface area (Å²) in [5.74, 6) is 1.67. The molecule has 2 unspecified atom stereocenters. The fourth-order valence-corrected chi connectivity index (χ4v) is 2.56. The van der Waals surface area contributed by atoms with Crippen LogP contribution < -0.4 is 24.8 Å². The molecular formula is C12H17Cl2Zr. The van der Waals surface area contributed by atoms with Gasteiger partial charge in [-0.3, -0.25) is 0 Å². The number of hydrogen-bond donors (Lipinski definition) is 0. The largest absolute Gasteiger partial charge is 3.00 e. The standard InChI is InChI=1S/C12H17.2ClH.Zr/c1-8-4-10(3)12-7-9(2)6-11(12)5-8;;;/h6-8,10H,4-5H2,1-3H3;2*1H;/q-1;;;+3/p-2. The summed E-state index contributed by atoms with van der Waals surface area (Å²) >= 11 is 0. The van der Waals surface area contributed by atoms with Crippen molar-refractivity contribution in [2.24, 2.45) is 5.92 Å². The normalized spacial score (nSPS) is 22.9. The molecule has 1 aliphatic rings. The molecule has 0 amide bonds. The summed E-state index contributed by atoms with van der Waals surface area (Å²) in [6.07, 6.45) is 2.67. The SMILES string of the molecule is Cc1cc2c([cH-]1)CC(C)CC2C.[Cl-].[Cl-].[Zr+3]. The third kappa shape index (κ3) is 3.95. The molecule has 1 aromatic rings. The Balaban J connectivity index is 0. The summed E-state index contributed by atoms with van der Waals surface area (Å²) in [5, 5.41) is 0. The monoisotopic (exact) mass is 321 g/mol. The van der Waals surface area contributed by atoms with Crippen molar-refractivity contribution in [3.05, 3.63) is 28.8 Å². The van der Waals surface area contributed by atoms with Crippen LogP contribution in [0.25, 0.3) is 0 Å². The van der Waals surface area contributed by atoms with Crippen LogP contribution in [0.5, 0.6) is 0 Å². The van der Waals surface area contributed by atoms with Crippen LogP contribution >= 0.6 is 0 Å². The zero-order valence-corrected chi connectivity index (χ0v) is 13.4. The van der Waals surface area contributed by atoms with E-state index in [0.717, 1.165) is 11.8 Å². The molecule has 1 radical (unpaired) electrons. The van der Waals surface area contributed by atoms with Gasteiger partial charge in [-0.05, 0) is 12.3 Å². The number of hydrogen-bond acceptors (Lipinski definition) is 0. The van der Waals surface area contributed by atoms with Crippen molar-refractivity contribution in [2.45, 2.75) is 39.5 Å². The van der Waals surface area contributed by atoms with E-state index in [4.69, 9.17) is 0 Å². The summed E-state index contributed by atoms with van der Waals surface area (Å²) in [5.41, 5.74) is 4.67. The molecule has 2 rings (SSSR count). The zero-order valence-electron chi connectivity index (χ0n) is 9.48. The van der Waals surface area contributed by atoms with E-state index in [0.29, 0.717) is 0 Å². The van der Waals surface area contributed by atoms with Gasteiger partial charge in [0.05, 0.1) is 0 Å². The maximum atomic E-state index is 2.37. The van der Waals surface area contributed by atoms with Crippen LogP contribution in [0.2, 0.25) is 0 Å². The number of aryl methyl sites for hydroxylation is 1. The molecule has 0 aromatic heterocycles. The third-order valence-electron chi connectivity index (χ3n) is 3.01. The molecule has 0 nitrogen and oxygen atoms in total. The van der Waals surface area contributed by atoms with E-state index in [2.05, 4.69) is 32.9 Å². The molecule has 1 aromatic carbocycles. The van der Waals surface area contributed by atoms with Crippen molar-refractivity contribution < 1.29 is 51.0 Å². The minimum atomic E-state index is 0. The van der Waals surface area contributed by atoms with Gasteiger partial charge in [0.25, 0.3) is 0 Å². The minimum absolute atomic E-state index is 0. The maximum Gasteiger partial charge on any atom is 3.00 e. The predicted molar refractivity (Wildman–Crippen MR) is 52.7 cm³/mol. The Hall–Kier alpha value is 0.813. The Kier molecular flexibility index (Phi) is 8.73. The maximum absolute atomic E-state index is 2.37. The first-order valence-electron chi connectivity index (χ1n) is 4.93. The first-order valence-corrected chi connectivity index (χ1v) is 4.93. The van der Waals surface area contributed by atoms with E-state index < -0.39 is 0 Å². The van der Waals surface area contributed by atoms with Crippen molar-refractivity contribution in [1.29, 1.82) is 0 Å². The molecule has 0 spiro atoms. The number of halogens is 2. The minimum Gasteiger partial charge on any atom is -1.00 e. The van der Waals surface area contributed by atoms with Gasteiger partial charge >= 0.3 is 26.2 Å². The third-order valence-corrected chi connectivity index (χ3v) is 3.01. The first-order chi connectivity index (χ1) is 5.66. The van der Waals surface area contributed by atoms with Crippen molar-refractivity contribution in [3.8, 4) is 0 Å². The van der Waals surface area contributed by atoms with E-state index in [9.17, 15) is 0 Å². The molecule has 0 fully saturated rings. The van der Waals surface area contributed by atoms with Crippen LogP contribution in [0.1, 0.15) is 42.9 Å². The van der Waals surface area contributed by atoms with E-state index in [1.807, 2.05) is 0 Å². The topological polar surface area (TPSA) is 0 Å². The molecule has 0 bridgehead atoms. The van der Waals surface area contributed by atoms with Crippen LogP contribution in [-0.2, 0) is 32.6 Å². The summed E-state index contributed by atoms with van der Waals surface area (Å²) in [6.45, 7) is 6.92. The molecule has 0 saturated carbocycles. The molecule has 83 valence electrons. The summed E-state index contributed by atoms with van der Waals surface area (Å²) in [4.78, 5) is 0. The predicted octanol–water partition coefficient (Wildman–Crippen LogP) is -2.59. The number of rotatable bonds is 0. The van der Waals surface area contributed by atoms with Crippen molar-refractivity contribution in [2.75, 3.05) is 0 Å². The Bertz CT molecular complexity index is 294. The van der Waals surface area contributed by atoms with Crippen LogP contribution in [0, 0.1) is 12.8 Å². The van der Waals surface area contributed by atoms with Crippen molar-refractivity contribution in [3.63, 3.8) is 0 Å². The van der Waals surface area contributed by atoms with Gasteiger partial charge in [0, 0.05) is 0 Å². The molecule has 15 heavy (non-hydrogen) atoms. The Morgan fingerprint density at radius 1 is 1.27 bits per heavy atom. The smallest absolute Gasteiger partial charge is 1.00 e. The molecule has 2 atom stereocenters. The Morgan fingerprint density at radius 2 is 1.87 bits per heavy atom. The number of fused-ring (bicyclic) bond motifs is 1. The van der Waals surface area contributed by atoms with E-state index >= 15 is 0 Å². The summed E-state index contributed by atoms with van der Waals surface area (Å²) < 4.78 is 0. The van der Waals surface area contributed by atoms with Crippen LogP contribution in [-0.4, -0.2) is 0 Å². The second-order valence-electron chi connectivity index (χ2n) is 4.46. The zero-order chi connectivity index (χ0) is 8.72.